The molecule has 0 radical (unpaired) electrons. The average molecular weight is 527 g/mol. The summed E-state index contributed by atoms with van der Waals surface area (Å²) >= 11 is 0. The molecule has 204 valence electrons. The summed E-state index contributed by atoms with van der Waals surface area (Å²) in [5.41, 5.74) is 4.54. The smallest absolute Gasteiger partial charge is 0.300 e. The number of carbonyl (C=O) groups is 2. The summed E-state index contributed by atoms with van der Waals surface area (Å²) < 4.78 is 5.57. The van der Waals surface area contributed by atoms with E-state index in [0.29, 0.717) is 17.0 Å². The number of aliphatic hydroxyl groups excluding tert-OH is 1. The van der Waals surface area contributed by atoms with Gasteiger partial charge in [-0.15, -0.1) is 0 Å². The van der Waals surface area contributed by atoms with Crippen molar-refractivity contribution in [2.24, 2.45) is 0 Å². The molecule has 4 rings (SSSR count). The van der Waals surface area contributed by atoms with Crippen molar-refractivity contribution < 1.29 is 19.4 Å². The fourth-order valence-electron chi connectivity index (χ4n) is 5.17. The van der Waals surface area contributed by atoms with Crippen LogP contribution in [0.5, 0.6) is 5.75 Å². The van der Waals surface area contributed by atoms with Crippen molar-refractivity contribution in [3.8, 4) is 5.75 Å². The average Bonchev–Trinajstić information content (AvgIpc) is 3.18. The first-order chi connectivity index (χ1) is 18.5. The van der Waals surface area contributed by atoms with Gasteiger partial charge in [0.2, 0.25) is 0 Å². The number of amides is 1. The van der Waals surface area contributed by atoms with Gasteiger partial charge in [-0.25, -0.2) is 0 Å². The van der Waals surface area contributed by atoms with E-state index in [-0.39, 0.29) is 16.7 Å². The van der Waals surface area contributed by atoms with Gasteiger partial charge in [0.25, 0.3) is 11.7 Å². The minimum atomic E-state index is -0.829. The molecule has 0 aromatic heterocycles. The molecular formula is C33H38N2O4. The lowest BCUT2D eigenvalue weighted by Gasteiger charge is -2.28. The van der Waals surface area contributed by atoms with E-state index in [0.717, 1.165) is 35.5 Å². The van der Waals surface area contributed by atoms with E-state index < -0.39 is 17.7 Å². The van der Waals surface area contributed by atoms with Gasteiger partial charge in [-0.05, 0) is 73.2 Å². The highest BCUT2D eigenvalue weighted by molar-refractivity contribution is 6.52. The topological polar surface area (TPSA) is 70.1 Å². The van der Waals surface area contributed by atoms with E-state index in [1.165, 1.54) is 12.0 Å². The van der Waals surface area contributed by atoms with Crippen molar-refractivity contribution in [3.63, 3.8) is 0 Å². The Bertz CT molecular complexity index is 1410. The lowest BCUT2D eigenvalue weighted by Crippen LogP contribution is -2.30. The maximum Gasteiger partial charge on any atom is 0.300 e. The molecule has 1 aliphatic heterocycles. The number of hydrogen-bond donors (Lipinski definition) is 1. The Morgan fingerprint density at radius 1 is 0.974 bits per heavy atom. The Labute approximate surface area is 231 Å². The molecule has 0 spiro atoms. The molecule has 0 saturated carbocycles. The Kier molecular flexibility index (Phi) is 7.86. The van der Waals surface area contributed by atoms with Gasteiger partial charge in [-0.1, -0.05) is 57.2 Å². The molecule has 1 heterocycles. The standard InChI is InChI=1S/C33H38N2O4/c1-8-34(9-2)24-18-15-22(16-19-24)29-28(30(36)25-20-23(33(4,5)6)17-14-21(25)3)31(37)32(38)35(29)26-12-10-11-13-27(26)39-7/h10-20,29,36H,8-9H2,1-7H3/b30-28+. The van der Waals surface area contributed by atoms with Crippen LogP contribution in [0.1, 0.15) is 62.9 Å². The second-order valence-corrected chi connectivity index (χ2v) is 10.9. The molecule has 1 amide bonds. The number of Topliss-reactive ketones (excluding diaryl/α,β-unsaturated/α-hetero) is 1. The van der Waals surface area contributed by atoms with Crippen LogP contribution in [0.3, 0.4) is 0 Å². The van der Waals surface area contributed by atoms with E-state index in [1.54, 1.807) is 18.2 Å². The minimum Gasteiger partial charge on any atom is -0.507 e. The second kappa shape index (κ2) is 11.0. The predicted octanol–water partition coefficient (Wildman–Crippen LogP) is 6.77. The molecule has 1 unspecified atom stereocenters. The van der Waals surface area contributed by atoms with Gasteiger partial charge < -0.3 is 14.7 Å². The van der Waals surface area contributed by atoms with E-state index in [9.17, 15) is 14.7 Å². The molecule has 1 fully saturated rings. The zero-order valence-corrected chi connectivity index (χ0v) is 23.9. The van der Waals surface area contributed by atoms with Crippen LogP contribution < -0.4 is 14.5 Å². The van der Waals surface area contributed by atoms with Crippen molar-refractivity contribution in [1.29, 1.82) is 0 Å². The van der Waals surface area contributed by atoms with E-state index in [4.69, 9.17) is 4.74 Å². The highest BCUT2D eigenvalue weighted by atomic mass is 16.5. The first kappa shape index (κ1) is 28.0. The Morgan fingerprint density at radius 3 is 2.21 bits per heavy atom. The third kappa shape index (κ3) is 5.16. The molecule has 1 saturated heterocycles. The molecule has 3 aromatic carbocycles. The number of ketones is 1. The molecule has 6 heteroatoms. The summed E-state index contributed by atoms with van der Waals surface area (Å²) in [5, 5.41) is 11.8. The first-order valence-corrected chi connectivity index (χ1v) is 13.4. The molecule has 1 atom stereocenters. The number of anilines is 2. The molecular weight excluding hydrogens is 488 g/mol. The second-order valence-electron chi connectivity index (χ2n) is 10.9. The van der Waals surface area contributed by atoms with E-state index in [2.05, 4.69) is 39.5 Å². The maximum absolute atomic E-state index is 13.7. The van der Waals surface area contributed by atoms with Gasteiger partial charge in [0.15, 0.2) is 0 Å². The Balaban J connectivity index is 1.97. The highest BCUT2D eigenvalue weighted by Crippen LogP contribution is 2.45. The fraction of sp³-hybridized carbons (Fsp3) is 0.333. The zero-order valence-electron chi connectivity index (χ0n) is 23.9. The molecule has 0 bridgehead atoms. The summed E-state index contributed by atoms with van der Waals surface area (Å²) in [7, 11) is 1.53. The molecule has 1 aliphatic rings. The van der Waals surface area contributed by atoms with Gasteiger partial charge in [0.05, 0.1) is 24.4 Å². The maximum atomic E-state index is 13.7. The summed E-state index contributed by atoms with van der Waals surface area (Å²) in [4.78, 5) is 31.0. The zero-order chi connectivity index (χ0) is 28.5. The SMILES string of the molecule is CCN(CC)c1ccc(C2/C(=C(\O)c3cc(C(C)(C)C)ccc3C)C(=O)C(=O)N2c2ccccc2OC)cc1. The lowest BCUT2D eigenvalue weighted by molar-refractivity contribution is -0.132. The molecule has 3 aromatic rings. The van der Waals surface area contributed by atoms with Gasteiger partial charge in [0.1, 0.15) is 11.5 Å². The monoisotopic (exact) mass is 526 g/mol. The number of benzene rings is 3. The lowest BCUT2D eigenvalue weighted by atomic mass is 9.84. The number of nitrogens with zero attached hydrogens (tertiary/aromatic N) is 2. The number of hydrogen-bond acceptors (Lipinski definition) is 5. The molecule has 1 N–H and O–H groups in total. The van der Waals surface area contributed by atoms with Gasteiger partial charge in [-0.3, -0.25) is 14.5 Å². The van der Waals surface area contributed by atoms with Crippen LogP contribution in [-0.2, 0) is 15.0 Å². The number of aryl methyl sites for hydroxylation is 1. The summed E-state index contributed by atoms with van der Waals surface area (Å²) in [5.74, 6) is -1.14. The van der Waals surface area contributed by atoms with Crippen LogP contribution >= 0.6 is 0 Å². The Morgan fingerprint density at radius 2 is 1.62 bits per heavy atom. The quantitative estimate of drug-likeness (QED) is 0.209. The number of para-hydroxylation sites is 2. The molecule has 39 heavy (non-hydrogen) atoms. The minimum absolute atomic E-state index is 0.0654. The molecule has 0 aliphatic carbocycles. The van der Waals surface area contributed by atoms with Crippen molar-refractivity contribution in [2.45, 2.75) is 53.0 Å². The van der Waals surface area contributed by atoms with Gasteiger partial charge >= 0.3 is 0 Å². The van der Waals surface area contributed by atoms with Gasteiger partial charge in [-0.2, -0.15) is 0 Å². The van der Waals surface area contributed by atoms with Gasteiger partial charge in [0, 0.05) is 24.3 Å². The van der Waals surface area contributed by atoms with Crippen molar-refractivity contribution in [2.75, 3.05) is 30.0 Å². The van der Waals surface area contributed by atoms with Crippen LogP contribution in [0.15, 0.2) is 72.3 Å². The number of rotatable bonds is 7. The number of aliphatic hydroxyl groups is 1. The van der Waals surface area contributed by atoms with E-state index >= 15 is 0 Å². The third-order valence-corrected chi connectivity index (χ3v) is 7.49. The van der Waals surface area contributed by atoms with Crippen LogP contribution in [0.2, 0.25) is 0 Å². The van der Waals surface area contributed by atoms with Crippen LogP contribution in [0.4, 0.5) is 11.4 Å². The normalized spacial score (nSPS) is 17.0. The largest absolute Gasteiger partial charge is 0.507 e. The molecule has 6 nitrogen and oxygen atoms in total. The third-order valence-electron chi connectivity index (χ3n) is 7.49. The fourth-order valence-corrected chi connectivity index (χ4v) is 5.17. The van der Waals surface area contributed by atoms with Crippen molar-refractivity contribution in [3.05, 3.63) is 94.6 Å². The van der Waals surface area contributed by atoms with Crippen LogP contribution in [0.25, 0.3) is 5.76 Å². The van der Waals surface area contributed by atoms with E-state index in [1.807, 2.05) is 55.5 Å². The summed E-state index contributed by atoms with van der Waals surface area (Å²) in [6.07, 6.45) is 0. The predicted molar refractivity (Wildman–Crippen MR) is 158 cm³/mol. The highest BCUT2D eigenvalue weighted by Gasteiger charge is 2.48. The van der Waals surface area contributed by atoms with Crippen molar-refractivity contribution >= 4 is 28.8 Å². The van der Waals surface area contributed by atoms with Crippen molar-refractivity contribution in [1.82, 2.24) is 0 Å². The number of carbonyl (C=O) groups excluding carboxylic acids is 2. The number of methoxy groups -OCH3 is 1. The number of ether oxygens (including phenoxy) is 1. The summed E-state index contributed by atoms with van der Waals surface area (Å²) in [6.45, 7) is 14.1. The summed E-state index contributed by atoms with van der Waals surface area (Å²) in [6, 6.07) is 20.0. The Hall–Kier alpha value is -4.06. The van der Waals surface area contributed by atoms with Crippen LogP contribution in [-0.4, -0.2) is 37.0 Å². The first-order valence-electron chi connectivity index (χ1n) is 13.4. The van der Waals surface area contributed by atoms with Crippen LogP contribution in [0, 0.1) is 6.92 Å².